The summed E-state index contributed by atoms with van der Waals surface area (Å²) in [5.41, 5.74) is 2.57. The van der Waals surface area contributed by atoms with E-state index in [1.165, 1.54) is 27.6 Å². The van der Waals surface area contributed by atoms with Crippen LogP contribution < -0.4 is 5.32 Å². The number of benzene rings is 2. The van der Waals surface area contributed by atoms with Crippen LogP contribution in [0.5, 0.6) is 0 Å². The third-order valence-corrected chi connectivity index (χ3v) is 8.66. The van der Waals surface area contributed by atoms with Gasteiger partial charge in [0.1, 0.15) is 5.52 Å². The molecule has 0 aliphatic heterocycles. The van der Waals surface area contributed by atoms with Crippen LogP contribution in [0.15, 0.2) is 36.9 Å². The lowest BCUT2D eigenvalue weighted by Crippen LogP contribution is -2.27. The topological polar surface area (TPSA) is 142 Å². The van der Waals surface area contributed by atoms with Gasteiger partial charge in [-0.3, -0.25) is 4.79 Å². The second-order valence-electron chi connectivity index (χ2n) is 8.39. The third kappa shape index (κ3) is 12.1. The van der Waals surface area contributed by atoms with Crippen molar-refractivity contribution in [3.8, 4) is 0 Å². The standard InChI is InChI=1S/C11H11FN2O3S2.C9H7NO2S.C7H9NS.2C2H6/c1-6-14-10-8(12)4-7(5-9(10)18-6)11(15)13-2-3-19(16)17;1-5-10-7-4-2-3-6(9(11)12)8(7)13-5;1-4-7-5(2)9-6(3)8-7;2*1-2/h4-5H,2-3H2,1H3,(H,13,15)(H,16,17);2-4H,1H3,(H,11,12);4H,1H2,2-3H3;2*1-2H3. The van der Waals surface area contributed by atoms with Crippen LogP contribution in [0.2, 0.25) is 0 Å². The predicted molar refractivity (Wildman–Crippen MR) is 188 cm³/mol. The van der Waals surface area contributed by atoms with Gasteiger partial charge in [0.2, 0.25) is 0 Å². The molecule has 3 aromatic heterocycles. The highest BCUT2D eigenvalue weighted by molar-refractivity contribution is 7.79. The van der Waals surface area contributed by atoms with Crippen LogP contribution in [-0.2, 0) is 11.1 Å². The minimum atomic E-state index is -1.96. The molecular weight excluding hydrogens is 656 g/mol. The van der Waals surface area contributed by atoms with Crippen LogP contribution in [0.1, 0.15) is 74.0 Å². The highest BCUT2D eigenvalue weighted by Crippen LogP contribution is 2.26. The number of amides is 1. The Labute approximate surface area is 277 Å². The molecule has 0 saturated carbocycles. The van der Waals surface area contributed by atoms with E-state index >= 15 is 0 Å². The lowest BCUT2D eigenvalue weighted by molar-refractivity contribution is 0.0699. The van der Waals surface area contributed by atoms with Crippen LogP contribution in [0.25, 0.3) is 26.5 Å². The SMILES string of the molecule is C=Cc1nc(C)sc1C.CC.CC.Cc1nc2c(F)cc(C(=O)NCCS(=O)O)cc2s1.Cc1nc2cccc(C(=O)O)c2s1. The largest absolute Gasteiger partial charge is 0.478 e. The molecular formula is C31H39FN4O5S4. The monoisotopic (exact) mass is 694 g/mol. The quantitative estimate of drug-likeness (QED) is 0.150. The summed E-state index contributed by atoms with van der Waals surface area (Å²) >= 11 is 2.47. The van der Waals surface area contributed by atoms with Gasteiger partial charge in [0.25, 0.3) is 5.91 Å². The van der Waals surface area contributed by atoms with E-state index in [0.29, 0.717) is 10.3 Å². The van der Waals surface area contributed by atoms with Gasteiger partial charge in [-0.2, -0.15) is 0 Å². The summed E-state index contributed by atoms with van der Waals surface area (Å²) in [6, 6.07) is 7.82. The molecule has 2 aromatic carbocycles. The summed E-state index contributed by atoms with van der Waals surface area (Å²) in [5.74, 6) is -1.97. The Hall–Kier alpha value is -3.43. The van der Waals surface area contributed by atoms with Crippen LogP contribution in [0, 0.1) is 33.5 Å². The van der Waals surface area contributed by atoms with E-state index in [0.717, 1.165) is 37.0 Å². The summed E-state index contributed by atoms with van der Waals surface area (Å²) in [6.45, 7) is 19.4. The maximum absolute atomic E-state index is 13.7. The number of hydrogen-bond acceptors (Lipinski definition) is 9. The molecule has 0 aliphatic rings. The van der Waals surface area contributed by atoms with E-state index in [-0.39, 0.29) is 23.4 Å². The molecule has 0 spiro atoms. The first-order valence-electron chi connectivity index (χ1n) is 14.0. The van der Waals surface area contributed by atoms with Crippen molar-refractivity contribution in [2.75, 3.05) is 12.3 Å². The van der Waals surface area contributed by atoms with Gasteiger partial charge in [0.05, 0.1) is 46.9 Å². The number of carboxylic acids is 1. The maximum atomic E-state index is 13.7. The summed E-state index contributed by atoms with van der Waals surface area (Å²) < 4.78 is 34.1. The molecule has 1 unspecified atom stereocenters. The van der Waals surface area contributed by atoms with Gasteiger partial charge < -0.3 is 15.0 Å². The number of carbonyl (C=O) groups is 2. The molecule has 0 radical (unpaired) electrons. The number of hydrogen-bond donors (Lipinski definition) is 3. The van der Waals surface area contributed by atoms with Gasteiger partial charge in [-0.25, -0.2) is 28.3 Å². The number of aromatic carboxylic acids is 1. The Morgan fingerprint density at radius 1 is 0.978 bits per heavy atom. The minimum absolute atomic E-state index is 0.0588. The van der Waals surface area contributed by atoms with Crippen LogP contribution in [0.4, 0.5) is 4.39 Å². The van der Waals surface area contributed by atoms with Crippen molar-refractivity contribution >= 4 is 83.5 Å². The van der Waals surface area contributed by atoms with Crippen LogP contribution in [-0.4, -0.2) is 53.0 Å². The highest BCUT2D eigenvalue weighted by atomic mass is 32.2. The van der Waals surface area contributed by atoms with Crippen LogP contribution >= 0.6 is 34.0 Å². The smallest absolute Gasteiger partial charge is 0.337 e. The molecule has 0 fully saturated rings. The maximum Gasteiger partial charge on any atom is 0.337 e. The number of carbonyl (C=O) groups excluding carboxylic acids is 1. The molecule has 0 aliphatic carbocycles. The summed E-state index contributed by atoms with van der Waals surface area (Å²) in [4.78, 5) is 36.3. The van der Waals surface area contributed by atoms with Gasteiger partial charge in [0, 0.05) is 17.0 Å². The fourth-order valence-electron chi connectivity index (χ4n) is 3.55. The Kier molecular flexibility index (Phi) is 17.5. The number of fused-ring (bicyclic) bond motifs is 2. The molecule has 5 rings (SSSR count). The lowest BCUT2D eigenvalue weighted by atomic mass is 10.2. The minimum Gasteiger partial charge on any atom is -0.478 e. The molecule has 9 nitrogen and oxygen atoms in total. The molecule has 0 saturated heterocycles. The average Bonchev–Trinajstić information content (AvgIpc) is 3.69. The summed E-state index contributed by atoms with van der Waals surface area (Å²) in [6.07, 6.45) is 1.79. The fourth-order valence-corrected chi connectivity index (χ4v) is 6.45. The van der Waals surface area contributed by atoms with Crippen LogP contribution in [0.3, 0.4) is 0 Å². The Bertz CT molecular complexity index is 1750. The number of thiazole rings is 3. The average molecular weight is 695 g/mol. The van der Waals surface area contributed by atoms with Crippen molar-refractivity contribution < 1.29 is 27.8 Å². The molecule has 1 amide bonds. The highest BCUT2D eigenvalue weighted by Gasteiger charge is 2.13. The van der Waals surface area contributed by atoms with Crippen molar-refractivity contribution in [3.63, 3.8) is 0 Å². The normalized spacial score (nSPS) is 10.5. The van der Waals surface area contributed by atoms with Gasteiger partial charge in [-0.1, -0.05) is 40.3 Å². The Morgan fingerprint density at radius 3 is 2.13 bits per heavy atom. The molecule has 244 valence electrons. The molecule has 3 N–H and O–H groups in total. The number of carboxylic acid groups (broad SMARTS) is 1. The number of aryl methyl sites for hydroxylation is 4. The number of nitrogens with zero attached hydrogens (tertiary/aromatic N) is 3. The first kappa shape index (κ1) is 39.6. The molecule has 5 aromatic rings. The van der Waals surface area contributed by atoms with E-state index in [1.807, 2.05) is 47.6 Å². The molecule has 0 bridgehead atoms. The van der Waals surface area contributed by atoms with Crippen molar-refractivity contribution in [1.82, 2.24) is 20.3 Å². The van der Waals surface area contributed by atoms with Crippen molar-refractivity contribution in [2.45, 2.75) is 55.4 Å². The van der Waals surface area contributed by atoms with E-state index in [9.17, 15) is 18.2 Å². The predicted octanol–water partition coefficient (Wildman–Crippen LogP) is 8.45. The van der Waals surface area contributed by atoms with E-state index in [2.05, 4.69) is 33.8 Å². The summed E-state index contributed by atoms with van der Waals surface area (Å²) in [5, 5.41) is 14.1. The van der Waals surface area contributed by atoms with E-state index in [1.54, 1.807) is 42.5 Å². The van der Waals surface area contributed by atoms with Gasteiger partial charge in [-0.05, 0) is 58.0 Å². The zero-order valence-corrected chi connectivity index (χ0v) is 29.8. The number of nitrogens with one attached hydrogen (secondary N) is 1. The number of aromatic nitrogens is 3. The first-order valence-corrected chi connectivity index (χ1v) is 17.7. The van der Waals surface area contributed by atoms with Gasteiger partial charge >= 0.3 is 5.97 Å². The van der Waals surface area contributed by atoms with Gasteiger partial charge in [0.15, 0.2) is 16.9 Å². The zero-order chi connectivity index (χ0) is 34.3. The van der Waals surface area contributed by atoms with Crippen molar-refractivity contribution in [2.24, 2.45) is 0 Å². The molecule has 1 atom stereocenters. The first-order chi connectivity index (χ1) is 21.4. The van der Waals surface area contributed by atoms with Crippen molar-refractivity contribution in [1.29, 1.82) is 0 Å². The molecule has 3 heterocycles. The molecule has 45 heavy (non-hydrogen) atoms. The third-order valence-electron chi connectivity index (χ3n) is 5.26. The lowest BCUT2D eigenvalue weighted by Gasteiger charge is -2.04. The van der Waals surface area contributed by atoms with E-state index < -0.39 is 28.8 Å². The molecule has 14 heteroatoms. The zero-order valence-electron chi connectivity index (χ0n) is 26.6. The van der Waals surface area contributed by atoms with E-state index in [4.69, 9.17) is 9.66 Å². The van der Waals surface area contributed by atoms with Gasteiger partial charge in [-0.15, -0.1) is 34.0 Å². The Morgan fingerprint density at radius 2 is 1.60 bits per heavy atom. The van der Waals surface area contributed by atoms with Crippen molar-refractivity contribution in [3.05, 3.63) is 79.4 Å². The summed E-state index contributed by atoms with van der Waals surface area (Å²) in [7, 11) is 0. The Balaban J connectivity index is 0.000000338. The second kappa shape index (κ2) is 19.9. The number of halogens is 1. The number of rotatable bonds is 6. The second-order valence-corrected chi connectivity index (χ2v) is 13.3. The fraction of sp³-hybridized carbons (Fsp3) is 0.323.